The van der Waals surface area contributed by atoms with Crippen LogP contribution in [0.4, 0.5) is 0 Å². The van der Waals surface area contributed by atoms with Crippen molar-refractivity contribution in [2.24, 2.45) is 5.41 Å². The van der Waals surface area contributed by atoms with Crippen molar-refractivity contribution in [2.75, 3.05) is 7.11 Å². The Labute approximate surface area is 104 Å². The minimum atomic E-state index is -0.282. The number of alkyl halides is 1. The molecule has 1 aliphatic rings. The normalized spacial score (nSPS) is 22.8. The number of hydrogen-bond acceptors (Lipinski definition) is 2. The molecule has 0 fully saturated rings. The fraction of sp³-hybridized carbons (Fsp3) is 0.462. The lowest BCUT2D eigenvalue weighted by atomic mass is 9.73. The number of hydrogen-bond donors (Lipinski definition) is 0. The van der Waals surface area contributed by atoms with Crippen LogP contribution in [0, 0.1) is 5.41 Å². The zero-order chi connectivity index (χ0) is 11.9. The highest BCUT2D eigenvalue weighted by Gasteiger charge is 2.38. The molecule has 0 radical (unpaired) electrons. The Morgan fingerprint density at radius 1 is 1.44 bits per heavy atom. The molecule has 0 spiro atoms. The average molecular weight is 283 g/mol. The lowest BCUT2D eigenvalue weighted by Gasteiger charge is -2.33. The van der Waals surface area contributed by atoms with Crippen molar-refractivity contribution in [3.63, 3.8) is 0 Å². The topological polar surface area (TPSA) is 26.3 Å². The van der Waals surface area contributed by atoms with Crippen molar-refractivity contribution in [3.05, 3.63) is 29.3 Å². The van der Waals surface area contributed by atoms with Gasteiger partial charge in [0.05, 0.1) is 7.11 Å². The lowest BCUT2D eigenvalue weighted by molar-refractivity contribution is 0.0810. The second-order valence-electron chi connectivity index (χ2n) is 4.84. The number of carbonyl (C=O) groups excluding carboxylic acids is 1. The Morgan fingerprint density at radius 3 is 2.75 bits per heavy atom. The van der Waals surface area contributed by atoms with Gasteiger partial charge in [0, 0.05) is 15.8 Å². The van der Waals surface area contributed by atoms with E-state index in [2.05, 4.69) is 15.9 Å². The Kier molecular flexibility index (Phi) is 2.82. The van der Waals surface area contributed by atoms with Gasteiger partial charge in [0.25, 0.3) is 0 Å². The first-order valence-electron chi connectivity index (χ1n) is 5.32. The van der Waals surface area contributed by atoms with E-state index in [9.17, 15) is 4.79 Å². The smallest absolute Gasteiger partial charge is 0.168 e. The van der Waals surface area contributed by atoms with E-state index in [1.165, 1.54) is 0 Å². The highest BCUT2D eigenvalue weighted by molar-refractivity contribution is 9.09. The van der Waals surface area contributed by atoms with Crippen molar-refractivity contribution in [2.45, 2.75) is 25.1 Å². The number of ketones is 1. The summed E-state index contributed by atoms with van der Waals surface area (Å²) >= 11 is 3.65. The molecule has 0 aromatic heterocycles. The molecular formula is C13H15BrO2. The fourth-order valence-electron chi connectivity index (χ4n) is 2.15. The molecule has 3 heteroatoms. The van der Waals surface area contributed by atoms with E-state index in [1.54, 1.807) is 7.11 Å². The maximum atomic E-state index is 12.2. The number of benzene rings is 1. The molecular weight excluding hydrogens is 268 g/mol. The predicted octanol–water partition coefficient (Wildman–Crippen LogP) is 3.74. The molecule has 0 amide bonds. The first-order chi connectivity index (χ1) is 7.45. The van der Waals surface area contributed by atoms with Gasteiger partial charge in [-0.15, -0.1) is 0 Å². The van der Waals surface area contributed by atoms with Gasteiger partial charge >= 0.3 is 0 Å². The molecule has 86 valence electrons. The summed E-state index contributed by atoms with van der Waals surface area (Å²) in [6, 6.07) is 5.66. The van der Waals surface area contributed by atoms with Gasteiger partial charge in [0.2, 0.25) is 0 Å². The molecule has 2 nitrogen and oxygen atoms in total. The quantitative estimate of drug-likeness (QED) is 0.734. The second kappa shape index (κ2) is 3.88. The molecule has 1 atom stereocenters. The number of carbonyl (C=O) groups is 1. The molecule has 0 bridgehead atoms. The van der Waals surface area contributed by atoms with Crippen molar-refractivity contribution < 1.29 is 9.53 Å². The second-order valence-corrected chi connectivity index (χ2v) is 5.94. The number of Topliss-reactive ketones (excluding diaryl/α,β-unsaturated/α-hetero) is 1. The van der Waals surface area contributed by atoms with E-state index in [0.29, 0.717) is 0 Å². The average Bonchev–Trinajstić information content (AvgIpc) is 2.25. The van der Waals surface area contributed by atoms with Gasteiger partial charge in [-0.2, -0.15) is 0 Å². The maximum Gasteiger partial charge on any atom is 0.168 e. The summed E-state index contributed by atoms with van der Waals surface area (Å²) in [5, 5.41) is 0. The van der Waals surface area contributed by atoms with Crippen LogP contribution in [0.15, 0.2) is 18.2 Å². The highest BCUT2D eigenvalue weighted by atomic mass is 79.9. The molecule has 0 saturated heterocycles. The standard InChI is InChI=1S/C13H15BrO2/c1-13(2)7-11(14)10-6-8(16-3)4-5-9(10)12(13)15/h4-6,11H,7H2,1-3H3. The van der Waals surface area contributed by atoms with E-state index in [1.807, 2.05) is 32.0 Å². The van der Waals surface area contributed by atoms with E-state index in [-0.39, 0.29) is 16.0 Å². The van der Waals surface area contributed by atoms with Crippen LogP contribution in [0.2, 0.25) is 0 Å². The molecule has 1 unspecified atom stereocenters. The first kappa shape index (κ1) is 11.6. The summed E-state index contributed by atoms with van der Waals surface area (Å²) in [4.78, 5) is 12.4. The fourth-order valence-corrected chi connectivity index (χ4v) is 3.34. The molecule has 2 rings (SSSR count). The number of fused-ring (bicyclic) bond motifs is 1. The third-order valence-electron chi connectivity index (χ3n) is 3.15. The van der Waals surface area contributed by atoms with E-state index in [4.69, 9.17) is 4.74 Å². The van der Waals surface area contributed by atoms with Crippen LogP contribution < -0.4 is 4.74 Å². The van der Waals surface area contributed by atoms with E-state index >= 15 is 0 Å². The summed E-state index contributed by atoms with van der Waals surface area (Å²) < 4.78 is 5.18. The molecule has 0 heterocycles. The lowest BCUT2D eigenvalue weighted by Crippen LogP contribution is -2.31. The van der Waals surface area contributed by atoms with Gasteiger partial charge in [-0.05, 0) is 30.2 Å². The van der Waals surface area contributed by atoms with Crippen LogP contribution in [0.25, 0.3) is 0 Å². The summed E-state index contributed by atoms with van der Waals surface area (Å²) in [7, 11) is 1.64. The number of methoxy groups -OCH3 is 1. The summed E-state index contributed by atoms with van der Waals surface area (Å²) in [5.41, 5.74) is 1.58. The van der Waals surface area contributed by atoms with Crippen LogP contribution in [0.5, 0.6) is 5.75 Å². The van der Waals surface area contributed by atoms with Crippen molar-refractivity contribution in [1.29, 1.82) is 0 Å². The molecule has 0 N–H and O–H groups in total. The zero-order valence-corrected chi connectivity index (χ0v) is 11.3. The number of rotatable bonds is 1. The third kappa shape index (κ3) is 1.77. The summed E-state index contributed by atoms with van der Waals surface area (Å²) in [6.45, 7) is 3.99. The minimum Gasteiger partial charge on any atom is -0.497 e. The Morgan fingerprint density at radius 2 is 2.12 bits per heavy atom. The van der Waals surface area contributed by atoms with Gasteiger partial charge in [-0.3, -0.25) is 4.79 Å². The maximum absolute atomic E-state index is 12.2. The molecule has 1 aromatic carbocycles. The predicted molar refractivity (Wildman–Crippen MR) is 67.4 cm³/mol. The van der Waals surface area contributed by atoms with Gasteiger partial charge in [-0.25, -0.2) is 0 Å². The van der Waals surface area contributed by atoms with Crippen molar-refractivity contribution in [3.8, 4) is 5.75 Å². The van der Waals surface area contributed by atoms with Crippen LogP contribution in [-0.2, 0) is 0 Å². The molecule has 1 aromatic rings. The van der Waals surface area contributed by atoms with Gasteiger partial charge in [-0.1, -0.05) is 29.8 Å². The van der Waals surface area contributed by atoms with Crippen molar-refractivity contribution >= 4 is 21.7 Å². The SMILES string of the molecule is COc1ccc2c(c1)C(Br)CC(C)(C)C2=O. The first-order valence-corrected chi connectivity index (χ1v) is 6.24. The van der Waals surface area contributed by atoms with E-state index in [0.717, 1.165) is 23.3 Å². The highest BCUT2D eigenvalue weighted by Crippen LogP contribution is 2.45. The summed E-state index contributed by atoms with van der Waals surface area (Å²) in [5.74, 6) is 1.02. The monoisotopic (exact) mass is 282 g/mol. The van der Waals surface area contributed by atoms with Gasteiger partial charge in [0.1, 0.15) is 5.75 Å². The van der Waals surface area contributed by atoms with Crippen molar-refractivity contribution in [1.82, 2.24) is 0 Å². The van der Waals surface area contributed by atoms with Gasteiger partial charge < -0.3 is 4.74 Å². The van der Waals surface area contributed by atoms with Crippen LogP contribution >= 0.6 is 15.9 Å². The molecule has 16 heavy (non-hydrogen) atoms. The van der Waals surface area contributed by atoms with Gasteiger partial charge in [0.15, 0.2) is 5.78 Å². The molecule has 0 saturated carbocycles. The Hall–Kier alpha value is -0.830. The van der Waals surface area contributed by atoms with E-state index < -0.39 is 0 Å². The van der Waals surface area contributed by atoms with Crippen LogP contribution in [0.1, 0.15) is 41.0 Å². The largest absolute Gasteiger partial charge is 0.497 e. The zero-order valence-electron chi connectivity index (χ0n) is 9.71. The molecule has 0 aliphatic heterocycles. The van der Waals surface area contributed by atoms with Crippen LogP contribution in [0.3, 0.4) is 0 Å². The third-order valence-corrected chi connectivity index (χ3v) is 3.96. The Bertz CT molecular complexity index is 438. The minimum absolute atomic E-state index is 0.223. The Balaban J connectivity index is 2.54. The number of ether oxygens (including phenoxy) is 1. The molecule has 1 aliphatic carbocycles. The summed E-state index contributed by atoms with van der Waals surface area (Å²) in [6.07, 6.45) is 0.825. The number of halogens is 1. The van der Waals surface area contributed by atoms with Crippen LogP contribution in [-0.4, -0.2) is 12.9 Å².